The van der Waals surface area contributed by atoms with E-state index in [0.29, 0.717) is 31.3 Å². The molecule has 0 radical (unpaired) electrons. The molecular weight excluding hydrogens is 252 g/mol. The van der Waals surface area contributed by atoms with Crippen LogP contribution in [0.4, 0.5) is 0 Å². The van der Waals surface area contributed by atoms with Gasteiger partial charge in [-0.3, -0.25) is 4.90 Å². The van der Waals surface area contributed by atoms with Gasteiger partial charge in [0, 0.05) is 31.7 Å². The molecule has 0 saturated heterocycles. The Morgan fingerprint density at radius 3 is 2.30 bits per heavy atom. The van der Waals surface area contributed by atoms with Gasteiger partial charge in [-0.15, -0.1) is 0 Å². The van der Waals surface area contributed by atoms with Crippen LogP contribution in [0.25, 0.3) is 0 Å². The van der Waals surface area contributed by atoms with E-state index in [4.69, 9.17) is 4.74 Å². The molecule has 1 rings (SSSR count). The number of rotatable bonds is 10. The van der Waals surface area contributed by atoms with E-state index >= 15 is 0 Å². The van der Waals surface area contributed by atoms with E-state index < -0.39 is 0 Å². The maximum Gasteiger partial charge on any atom is 0.0897 e. The summed E-state index contributed by atoms with van der Waals surface area (Å²) in [6.45, 7) is 11.9. The minimum Gasteiger partial charge on any atom is -0.389 e. The third-order valence-corrected chi connectivity index (χ3v) is 4.08. The van der Waals surface area contributed by atoms with Gasteiger partial charge >= 0.3 is 0 Å². The van der Waals surface area contributed by atoms with Crippen LogP contribution < -0.4 is 5.32 Å². The molecule has 1 aliphatic carbocycles. The van der Waals surface area contributed by atoms with Crippen molar-refractivity contribution in [3.63, 3.8) is 0 Å². The van der Waals surface area contributed by atoms with Crippen LogP contribution in [-0.4, -0.2) is 60.5 Å². The SMILES string of the molecule is CC(C)N(CCNCC(O)COC1CCCC1)C(C)C. The molecule has 1 unspecified atom stereocenters. The van der Waals surface area contributed by atoms with Gasteiger partial charge in [-0.25, -0.2) is 0 Å². The van der Waals surface area contributed by atoms with Crippen molar-refractivity contribution in [2.45, 2.75) is 77.7 Å². The molecule has 4 heteroatoms. The van der Waals surface area contributed by atoms with Gasteiger partial charge < -0.3 is 15.2 Å². The van der Waals surface area contributed by atoms with Crippen molar-refractivity contribution >= 4 is 0 Å². The molecule has 1 atom stereocenters. The highest BCUT2D eigenvalue weighted by Gasteiger charge is 2.17. The molecule has 0 amide bonds. The van der Waals surface area contributed by atoms with Crippen molar-refractivity contribution in [2.24, 2.45) is 0 Å². The van der Waals surface area contributed by atoms with E-state index in [9.17, 15) is 5.11 Å². The Hall–Kier alpha value is -0.160. The van der Waals surface area contributed by atoms with Crippen LogP contribution in [0, 0.1) is 0 Å². The lowest BCUT2D eigenvalue weighted by Crippen LogP contribution is -2.43. The standard InChI is InChI=1S/C16H34N2O2/c1-13(2)18(14(3)4)10-9-17-11-15(19)12-20-16-7-5-6-8-16/h13-17,19H,5-12H2,1-4H3. The van der Waals surface area contributed by atoms with Gasteiger partial charge in [-0.1, -0.05) is 12.8 Å². The van der Waals surface area contributed by atoms with Crippen LogP contribution in [0.1, 0.15) is 53.4 Å². The number of hydrogen-bond donors (Lipinski definition) is 2. The average Bonchev–Trinajstić information content (AvgIpc) is 2.88. The molecular formula is C16H34N2O2. The molecule has 0 spiro atoms. The van der Waals surface area contributed by atoms with E-state index in [0.717, 1.165) is 25.9 Å². The fourth-order valence-electron chi connectivity index (χ4n) is 2.95. The highest BCUT2D eigenvalue weighted by Crippen LogP contribution is 2.20. The lowest BCUT2D eigenvalue weighted by molar-refractivity contribution is -0.00560. The van der Waals surface area contributed by atoms with Crippen molar-refractivity contribution in [3.8, 4) is 0 Å². The van der Waals surface area contributed by atoms with E-state index in [1.807, 2.05) is 0 Å². The van der Waals surface area contributed by atoms with E-state index in [1.54, 1.807) is 0 Å². The molecule has 0 aromatic rings. The zero-order valence-electron chi connectivity index (χ0n) is 13.8. The number of nitrogens with one attached hydrogen (secondary N) is 1. The zero-order chi connectivity index (χ0) is 15.0. The summed E-state index contributed by atoms with van der Waals surface area (Å²) in [6.07, 6.45) is 4.89. The number of aliphatic hydroxyl groups excluding tert-OH is 1. The van der Waals surface area contributed by atoms with Gasteiger partial charge in [-0.2, -0.15) is 0 Å². The first-order valence-electron chi connectivity index (χ1n) is 8.26. The molecule has 1 aliphatic rings. The van der Waals surface area contributed by atoms with E-state index in [2.05, 4.69) is 37.9 Å². The largest absolute Gasteiger partial charge is 0.389 e. The number of aliphatic hydroxyl groups is 1. The average molecular weight is 286 g/mol. The fourth-order valence-corrected chi connectivity index (χ4v) is 2.95. The topological polar surface area (TPSA) is 44.7 Å². The quantitative estimate of drug-likeness (QED) is 0.603. The Balaban J connectivity index is 2.04. The summed E-state index contributed by atoms with van der Waals surface area (Å²) in [7, 11) is 0. The van der Waals surface area contributed by atoms with Crippen molar-refractivity contribution < 1.29 is 9.84 Å². The van der Waals surface area contributed by atoms with Crippen LogP contribution in [0.15, 0.2) is 0 Å². The highest BCUT2D eigenvalue weighted by atomic mass is 16.5. The van der Waals surface area contributed by atoms with E-state index in [-0.39, 0.29) is 6.10 Å². The molecule has 0 aromatic carbocycles. The summed E-state index contributed by atoms with van der Waals surface area (Å²) in [4.78, 5) is 2.45. The Kier molecular flexibility index (Phi) is 8.69. The second kappa shape index (κ2) is 9.72. The molecule has 0 heterocycles. The van der Waals surface area contributed by atoms with Crippen LogP contribution in [0.5, 0.6) is 0 Å². The van der Waals surface area contributed by atoms with Gasteiger partial charge in [0.1, 0.15) is 0 Å². The lowest BCUT2D eigenvalue weighted by atomic mass is 10.2. The van der Waals surface area contributed by atoms with Gasteiger partial charge in [0.05, 0.1) is 18.8 Å². The van der Waals surface area contributed by atoms with Gasteiger partial charge in [0.15, 0.2) is 0 Å². The molecule has 2 N–H and O–H groups in total. The Morgan fingerprint density at radius 2 is 1.75 bits per heavy atom. The molecule has 120 valence electrons. The molecule has 4 nitrogen and oxygen atoms in total. The maximum absolute atomic E-state index is 9.89. The summed E-state index contributed by atoms with van der Waals surface area (Å²) in [5.41, 5.74) is 0. The number of nitrogens with zero attached hydrogens (tertiary/aromatic N) is 1. The Bertz CT molecular complexity index is 233. The highest BCUT2D eigenvalue weighted by molar-refractivity contribution is 4.70. The third-order valence-electron chi connectivity index (χ3n) is 4.08. The second-order valence-electron chi connectivity index (χ2n) is 6.52. The van der Waals surface area contributed by atoms with Crippen LogP contribution in [0.2, 0.25) is 0 Å². The summed E-state index contributed by atoms with van der Waals surface area (Å²) in [5, 5.41) is 13.2. The van der Waals surface area contributed by atoms with Gasteiger partial charge in [0.25, 0.3) is 0 Å². The summed E-state index contributed by atoms with van der Waals surface area (Å²) in [6, 6.07) is 1.12. The molecule has 0 aliphatic heterocycles. The van der Waals surface area contributed by atoms with E-state index in [1.165, 1.54) is 12.8 Å². The van der Waals surface area contributed by atoms with Crippen molar-refractivity contribution in [1.82, 2.24) is 10.2 Å². The predicted octanol–water partition coefficient (Wildman–Crippen LogP) is 2.01. The Labute approximate surface area is 124 Å². The molecule has 1 fully saturated rings. The summed E-state index contributed by atoms with van der Waals surface area (Å²) >= 11 is 0. The first-order chi connectivity index (χ1) is 9.50. The molecule has 0 aromatic heterocycles. The number of hydrogen-bond acceptors (Lipinski definition) is 4. The maximum atomic E-state index is 9.89. The number of ether oxygens (including phenoxy) is 1. The first kappa shape index (κ1) is 17.9. The lowest BCUT2D eigenvalue weighted by Gasteiger charge is -2.30. The normalized spacial score (nSPS) is 18.6. The van der Waals surface area contributed by atoms with Gasteiger partial charge in [0.2, 0.25) is 0 Å². The first-order valence-corrected chi connectivity index (χ1v) is 8.26. The second-order valence-corrected chi connectivity index (χ2v) is 6.52. The predicted molar refractivity (Wildman–Crippen MR) is 84.1 cm³/mol. The summed E-state index contributed by atoms with van der Waals surface area (Å²) in [5.74, 6) is 0. The molecule has 1 saturated carbocycles. The van der Waals surface area contributed by atoms with Crippen LogP contribution in [0.3, 0.4) is 0 Å². The molecule has 0 bridgehead atoms. The minimum atomic E-state index is -0.387. The van der Waals surface area contributed by atoms with Crippen molar-refractivity contribution in [3.05, 3.63) is 0 Å². The third kappa shape index (κ3) is 7.02. The zero-order valence-corrected chi connectivity index (χ0v) is 13.8. The van der Waals surface area contributed by atoms with Crippen molar-refractivity contribution in [2.75, 3.05) is 26.2 Å². The van der Waals surface area contributed by atoms with Gasteiger partial charge in [-0.05, 0) is 40.5 Å². The van der Waals surface area contributed by atoms with Crippen LogP contribution in [-0.2, 0) is 4.74 Å². The monoisotopic (exact) mass is 286 g/mol. The van der Waals surface area contributed by atoms with Crippen LogP contribution >= 0.6 is 0 Å². The minimum absolute atomic E-state index is 0.387. The summed E-state index contributed by atoms with van der Waals surface area (Å²) < 4.78 is 5.72. The smallest absolute Gasteiger partial charge is 0.0897 e. The Morgan fingerprint density at radius 1 is 1.15 bits per heavy atom. The molecule has 20 heavy (non-hydrogen) atoms. The fraction of sp³-hybridized carbons (Fsp3) is 1.00. The van der Waals surface area contributed by atoms with Crippen molar-refractivity contribution in [1.29, 1.82) is 0 Å².